The van der Waals surface area contributed by atoms with Crippen LogP contribution in [0.5, 0.6) is 5.75 Å². The summed E-state index contributed by atoms with van der Waals surface area (Å²) in [5.41, 5.74) is 1.22. The van der Waals surface area contributed by atoms with Crippen LogP contribution in [0.4, 0.5) is 0 Å². The fourth-order valence-electron chi connectivity index (χ4n) is 1.90. The largest absolute Gasteiger partial charge is 0.481 e. The van der Waals surface area contributed by atoms with Crippen molar-refractivity contribution in [1.29, 1.82) is 0 Å². The van der Waals surface area contributed by atoms with Gasteiger partial charge in [0.1, 0.15) is 5.75 Å². The van der Waals surface area contributed by atoms with E-state index in [0.29, 0.717) is 6.04 Å². The minimum atomic E-state index is -0.445. The second-order valence-corrected chi connectivity index (χ2v) is 5.36. The van der Waals surface area contributed by atoms with Crippen molar-refractivity contribution in [1.82, 2.24) is 10.6 Å². The van der Waals surface area contributed by atoms with E-state index in [9.17, 15) is 4.79 Å². The first-order valence-corrected chi connectivity index (χ1v) is 7.45. The fourth-order valence-corrected chi connectivity index (χ4v) is 1.90. The van der Waals surface area contributed by atoms with Gasteiger partial charge in [0.05, 0.1) is 0 Å². The van der Waals surface area contributed by atoms with Gasteiger partial charge in [-0.05, 0) is 50.4 Å². The Hall–Kier alpha value is -1.55. The van der Waals surface area contributed by atoms with E-state index in [1.807, 2.05) is 24.3 Å². The molecular weight excluding hydrogens is 252 g/mol. The summed E-state index contributed by atoms with van der Waals surface area (Å²) in [7, 11) is 0. The predicted octanol–water partition coefficient (Wildman–Crippen LogP) is 2.23. The highest BCUT2D eigenvalue weighted by atomic mass is 16.5. The van der Waals surface area contributed by atoms with Gasteiger partial charge in [0.15, 0.2) is 6.10 Å². The molecule has 1 aliphatic rings. The summed E-state index contributed by atoms with van der Waals surface area (Å²) < 4.78 is 5.65. The Balaban J connectivity index is 1.78. The molecule has 1 atom stereocenters. The van der Waals surface area contributed by atoms with Crippen molar-refractivity contribution in [2.45, 2.75) is 51.8 Å². The third-order valence-corrected chi connectivity index (χ3v) is 3.29. The van der Waals surface area contributed by atoms with E-state index in [4.69, 9.17) is 4.74 Å². The summed E-state index contributed by atoms with van der Waals surface area (Å²) >= 11 is 0. The van der Waals surface area contributed by atoms with Crippen LogP contribution in [-0.2, 0) is 11.3 Å². The first kappa shape index (κ1) is 14.9. The van der Waals surface area contributed by atoms with E-state index >= 15 is 0 Å². The summed E-state index contributed by atoms with van der Waals surface area (Å²) in [6, 6.07) is 8.28. The monoisotopic (exact) mass is 276 g/mol. The topological polar surface area (TPSA) is 50.4 Å². The van der Waals surface area contributed by atoms with Crippen LogP contribution in [0.3, 0.4) is 0 Å². The zero-order valence-corrected chi connectivity index (χ0v) is 12.3. The highest BCUT2D eigenvalue weighted by Gasteiger charge is 2.26. The normalized spacial score (nSPS) is 15.7. The Morgan fingerprint density at radius 1 is 1.35 bits per heavy atom. The van der Waals surface area contributed by atoms with E-state index in [-0.39, 0.29) is 5.91 Å². The van der Waals surface area contributed by atoms with Gasteiger partial charge in [0.2, 0.25) is 0 Å². The number of rotatable bonds is 8. The van der Waals surface area contributed by atoms with Crippen molar-refractivity contribution < 1.29 is 9.53 Å². The molecule has 0 heterocycles. The maximum Gasteiger partial charge on any atom is 0.260 e. The number of hydrogen-bond donors (Lipinski definition) is 2. The first-order valence-electron chi connectivity index (χ1n) is 7.45. The molecule has 110 valence electrons. The molecule has 2 N–H and O–H groups in total. The molecule has 20 heavy (non-hydrogen) atoms. The van der Waals surface area contributed by atoms with Crippen LogP contribution in [-0.4, -0.2) is 24.6 Å². The lowest BCUT2D eigenvalue weighted by atomic mass is 10.2. The van der Waals surface area contributed by atoms with Gasteiger partial charge in [-0.1, -0.05) is 19.1 Å². The Morgan fingerprint density at radius 2 is 2.05 bits per heavy atom. The summed E-state index contributed by atoms with van der Waals surface area (Å²) in [6.45, 7) is 5.83. The minimum absolute atomic E-state index is 0.0267. The molecule has 1 aromatic rings. The number of hydrogen-bond acceptors (Lipinski definition) is 3. The zero-order valence-electron chi connectivity index (χ0n) is 12.3. The molecule has 1 aliphatic carbocycles. The molecule has 0 saturated heterocycles. The highest BCUT2D eigenvalue weighted by Crippen LogP contribution is 2.19. The summed E-state index contributed by atoms with van der Waals surface area (Å²) in [5.74, 6) is 0.712. The standard InChI is InChI=1S/C16H24N2O2/c1-3-10-17-11-13-4-8-15(9-5-13)20-12(2)16(19)18-14-6-7-14/h4-5,8-9,12,14,17H,3,6-7,10-11H2,1-2H3,(H,18,19). The first-order chi connectivity index (χ1) is 9.69. The maximum atomic E-state index is 11.8. The van der Waals surface area contributed by atoms with Crippen LogP contribution >= 0.6 is 0 Å². The molecule has 0 aliphatic heterocycles. The van der Waals surface area contributed by atoms with Crippen LogP contribution < -0.4 is 15.4 Å². The quantitative estimate of drug-likeness (QED) is 0.716. The van der Waals surface area contributed by atoms with Gasteiger partial charge in [-0.2, -0.15) is 0 Å². The predicted molar refractivity (Wildman–Crippen MR) is 79.7 cm³/mol. The Labute approximate surface area is 120 Å². The third kappa shape index (κ3) is 4.85. The molecule has 1 saturated carbocycles. The fraction of sp³-hybridized carbons (Fsp3) is 0.562. The lowest BCUT2D eigenvalue weighted by Crippen LogP contribution is -2.37. The van der Waals surface area contributed by atoms with Gasteiger partial charge in [-0.15, -0.1) is 0 Å². The van der Waals surface area contributed by atoms with Gasteiger partial charge in [0, 0.05) is 12.6 Å². The molecule has 1 aromatic carbocycles. The minimum Gasteiger partial charge on any atom is -0.481 e. The van der Waals surface area contributed by atoms with Crippen molar-refractivity contribution in [3.05, 3.63) is 29.8 Å². The van der Waals surface area contributed by atoms with Gasteiger partial charge in [-0.25, -0.2) is 0 Å². The van der Waals surface area contributed by atoms with E-state index < -0.39 is 6.10 Å². The van der Waals surface area contributed by atoms with Crippen molar-refractivity contribution in [2.24, 2.45) is 0 Å². The van der Waals surface area contributed by atoms with Crippen molar-refractivity contribution >= 4 is 5.91 Å². The van der Waals surface area contributed by atoms with Gasteiger partial charge < -0.3 is 15.4 Å². The average molecular weight is 276 g/mol. The van der Waals surface area contributed by atoms with Crippen LogP contribution in [0.1, 0.15) is 38.7 Å². The van der Waals surface area contributed by atoms with E-state index in [1.54, 1.807) is 6.92 Å². The summed E-state index contributed by atoms with van der Waals surface area (Å²) in [4.78, 5) is 11.8. The molecular formula is C16H24N2O2. The van der Waals surface area contributed by atoms with E-state index in [1.165, 1.54) is 5.56 Å². The van der Waals surface area contributed by atoms with Crippen LogP contribution in [0.2, 0.25) is 0 Å². The molecule has 1 fully saturated rings. The molecule has 4 nitrogen and oxygen atoms in total. The molecule has 1 amide bonds. The smallest absolute Gasteiger partial charge is 0.260 e. The third-order valence-electron chi connectivity index (χ3n) is 3.29. The van der Waals surface area contributed by atoms with E-state index in [2.05, 4.69) is 17.6 Å². The van der Waals surface area contributed by atoms with Crippen molar-refractivity contribution in [2.75, 3.05) is 6.54 Å². The van der Waals surface area contributed by atoms with E-state index in [0.717, 1.165) is 38.1 Å². The van der Waals surface area contributed by atoms with Crippen molar-refractivity contribution in [3.63, 3.8) is 0 Å². The number of amides is 1. The van der Waals surface area contributed by atoms with Crippen LogP contribution in [0.15, 0.2) is 24.3 Å². The average Bonchev–Trinajstić information content (AvgIpc) is 3.25. The number of benzene rings is 1. The van der Waals surface area contributed by atoms with Crippen LogP contribution in [0.25, 0.3) is 0 Å². The lowest BCUT2D eigenvalue weighted by molar-refractivity contribution is -0.127. The maximum absolute atomic E-state index is 11.8. The molecule has 0 aromatic heterocycles. The second-order valence-electron chi connectivity index (χ2n) is 5.36. The molecule has 2 rings (SSSR count). The Kier molecular flexibility index (Phi) is 5.41. The second kappa shape index (κ2) is 7.29. The highest BCUT2D eigenvalue weighted by molar-refractivity contribution is 5.81. The zero-order chi connectivity index (χ0) is 14.4. The SMILES string of the molecule is CCCNCc1ccc(OC(C)C(=O)NC2CC2)cc1. The van der Waals surface area contributed by atoms with Gasteiger partial charge in [0.25, 0.3) is 5.91 Å². The number of nitrogens with one attached hydrogen (secondary N) is 2. The number of carbonyl (C=O) groups is 1. The molecule has 0 radical (unpaired) electrons. The summed E-state index contributed by atoms with van der Waals surface area (Å²) in [6.07, 6.45) is 2.88. The molecule has 0 bridgehead atoms. The number of ether oxygens (including phenoxy) is 1. The lowest BCUT2D eigenvalue weighted by Gasteiger charge is -2.14. The van der Waals surface area contributed by atoms with Gasteiger partial charge >= 0.3 is 0 Å². The molecule has 4 heteroatoms. The molecule has 1 unspecified atom stereocenters. The van der Waals surface area contributed by atoms with Crippen LogP contribution in [0, 0.1) is 0 Å². The van der Waals surface area contributed by atoms with Crippen molar-refractivity contribution in [3.8, 4) is 5.75 Å². The Morgan fingerprint density at radius 3 is 2.65 bits per heavy atom. The number of carbonyl (C=O) groups excluding carboxylic acids is 1. The Bertz CT molecular complexity index is 427. The van der Waals surface area contributed by atoms with Gasteiger partial charge in [-0.3, -0.25) is 4.79 Å². The molecule has 0 spiro atoms. The summed E-state index contributed by atoms with van der Waals surface area (Å²) in [5, 5.41) is 6.30.